The van der Waals surface area contributed by atoms with Gasteiger partial charge >= 0.3 is 5.69 Å². The third kappa shape index (κ3) is 2.72. The molecule has 30 heavy (non-hydrogen) atoms. The van der Waals surface area contributed by atoms with Gasteiger partial charge in [0.15, 0.2) is 11.6 Å². The highest BCUT2D eigenvalue weighted by Gasteiger charge is 2.33. The molecule has 1 aromatic carbocycles. The summed E-state index contributed by atoms with van der Waals surface area (Å²) in [7, 11) is 1.42. The van der Waals surface area contributed by atoms with Gasteiger partial charge in [0.25, 0.3) is 5.56 Å². The second-order valence-corrected chi connectivity index (χ2v) is 9.17. The van der Waals surface area contributed by atoms with Gasteiger partial charge in [-0.15, -0.1) is 11.3 Å². The van der Waals surface area contributed by atoms with E-state index in [1.54, 1.807) is 0 Å². The van der Waals surface area contributed by atoms with Crippen molar-refractivity contribution in [3.05, 3.63) is 43.2 Å². The van der Waals surface area contributed by atoms with E-state index in [2.05, 4.69) is 4.98 Å². The van der Waals surface area contributed by atoms with Gasteiger partial charge in [-0.2, -0.15) is 0 Å². The molecule has 2 aliphatic rings. The number of nitrogens with one attached hydrogen (secondary N) is 1. The highest BCUT2D eigenvalue weighted by molar-refractivity contribution is 7.15. The second-order valence-electron chi connectivity index (χ2n) is 8.03. The molecular formula is C21H23FN4O3S. The molecule has 0 spiro atoms. The zero-order chi connectivity index (χ0) is 21.2. The molecule has 0 amide bonds. The lowest BCUT2D eigenvalue weighted by Crippen LogP contribution is -2.31. The number of aromatic nitrogens is 2. The molecule has 0 saturated heterocycles. The Morgan fingerprint density at radius 1 is 1.33 bits per heavy atom. The van der Waals surface area contributed by atoms with Crippen molar-refractivity contribution >= 4 is 27.9 Å². The maximum Gasteiger partial charge on any atom is 0.329 e. The normalized spacial score (nSPS) is 18.6. The van der Waals surface area contributed by atoms with Crippen LogP contribution >= 0.6 is 11.3 Å². The number of nitrogens with zero attached hydrogens (tertiary/aromatic N) is 1. The molecule has 0 radical (unpaired) electrons. The van der Waals surface area contributed by atoms with Crippen LogP contribution < -0.4 is 27.5 Å². The van der Waals surface area contributed by atoms with Crippen LogP contribution in [-0.2, 0) is 6.42 Å². The minimum atomic E-state index is -0.707. The first-order valence-electron chi connectivity index (χ1n) is 10.1. The summed E-state index contributed by atoms with van der Waals surface area (Å²) in [5.74, 6) is -0.276. The zero-order valence-corrected chi connectivity index (χ0v) is 17.4. The first-order chi connectivity index (χ1) is 14.5. The van der Waals surface area contributed by atoms with Crippen LogP contribution in [0.4, 0.5) is 10.1 Å². The molecule has 3 aromatic rings. The third-order valence-electron chi connectivity index (χ3n) is 6.20. The average Bonchev–Trinajstić information content (AvgIpc) is 3.46. The van der Waals surface area contributed by atoms with E-state index in [1.807, 2.05) is 6.07 Å². The molecule has 158 valence electrons. The molecule has 2 aromatic heterocycles. The Balaban J connectivity index is 1.87. The Bertz CT molecular complexity index is 1290. The number of fused-ring (bicyclic) bond motifs is 2. The molecule has 1 fully saturated rings. The number of halogens is 1. The number of hydrogen-bond donors (Lipinski definition) is 3. The zero-order valence-electron chi connectivity index (χ0n) is 16.6. The molecule has 2 heterocycles. The smallest absolute Gasteiger partial charge is 0.329 e. The lowest BCUT2D eigenvalue weighted by atomic mass is 9.87. The monoisotopic (exact) mass is 430 g/mol. The Kier molecular flexibility index (Phi) is 4.48. The Morgan fingerprint density at radius 2 is 2.10 bits per heavy atom. The van der Waals surface area contributed by atoms with Gasteiger partial charge in [0, 0.05) is 15.8 Å². The number of H-pyrrole nitrogens is 1. The van der Waals surface area contributed by atoms with Crippen molar-refractivity contribution in [2.75, 3.05) is 19.4 Å². The maximum atomic E-state index is 15.6. The Labute approximate surface area is 175 Å². The predicted octanol–water partition coefficient (Wildman–Crippen LogP) is 2.86. The third-order valence-corrected chi connectivity index (χ3v) is 7.42. The van der Waals surface area contributed by atoms with Gasteiger partial charge in [-0.1, -0.05) is 0 Å². The van der Waals surface area contributed by atoms with Crippen LogP contribution in [0, 0.1) is 5.82 Å². The first-order valence-corrected chi connectivity index (χ1v) is 10.9. The van der Waals surface area contributed by atoms with Crippen molar-refractivity contribution in [1.29, 1.82) is 0 Å². The fraction of sp³-hybridized carbons (Fsp3) is 0.429. The summed E-state index contributed by atoms with van der Waals surface area (Å²) in [6, 6.07) is 1.91. The number of nitrogen functional groups attached to an aromatic ring is 1. The van der Waals surface area contributed by atoms with E-state index in [1.165, 1.54) is 27.9 Å². The lowest BCUT2D eigenvalue weighted by molar-refractivity contribution is 0.415. The molecule has 1 unspecified atom stereocenters. The van der Waals surface area contributed by atoms with E-state index in [0.29, 0.717) is 11.4 Å². The van der Waals surface area contributed by atoms with Gasteiger partial charge < -0.3 is 16.2 Å². The van der Waals surface area contributed by atoms with E-state index in [4.69, 9.17) is 16.2 Å². The van der Waals surface area contributed by atoms with Crippen LogP contribution in [0.2, 0.25) is 0 Å². The van der Waals surface area contributed by atoms with E-state index in [0.717, 1.165) is 37.7 Å². The highest BCUT2D eigenvalue weighted by atomic mass is 32.1. The van der Waals surface area contributed by atoms with Gasteiger partial charge in [0.2, 0.25) is 0 Å². The summed E-state index contributed by atoms with van der Waals surface area (Å²) < 4.78 is 22.7. The number of hydrogen-bond acceptors (Lipinski definition) is 6. The molecule has 7 nitrogen and oxygen atoms in total. The van der Waals surface area contributed by atoms with E-state index in [-0.39, 0.29) is 39.9 Å². The fourth-order valence-corrected chi connectivity index (χ4v) is 5.93. The molecule has 9 heteroatoms. The summed E-state index contributed by atoms with van der Waals surface area (Å²) in [6.07, 6.45) is 4.60. The van der Waals surface area contributed by atoms with Crippen molar-refractivity contribution in [3.8, 4) is 16.2 Å². The molecule has 2 aliphatic carbocycles. The number of methoxy groups -OCH3 is 1. The summed E-state index contributed by atoms with van der Waals surface area (Å²) >= 11 is 1.50. The minimum Gasteiger partial charge on any atom is -0.494 e. The number of aromatic amines is 1. The molecular weight excluding hydrogens is 407 g/mol. The standard InChI is InChI=1S/C21H23FN4O3S/c1-29-19-14(13-7-11-9(8-23)3-2-4-12(11)30-13)16(22)17(24)15-18(19)26(10-5-6-10)21(28)25-20(15)27/h7,9-10H,2-6,8,23-24H2,1H3,(H,25,27,28). The molecule has 0 aliphatic heterocycles. The molecule has 1 saturated carbocycles. The second kappa shape index (κ2) is 6.95. The number of anilines is 1. The number of rotatable bonds is 4. The quantitative estimate of drug-likeness (QED) is 0.551. The van der Waals surface area contributed by atoms with Gasteiger partial charge in [0.1, 0.15) is 5.52 Å². The van der Waals surface area contributed by atoms with Gasteiger partial charge in [-0.05, 0) is 56.2 Å². The van der Waals surface area contributed by atoms with Crippen molar-refractivity contribution < 1.29 is 9.13 Å². The van der Waals surface area contributed by atoms with E-state index >= 15 is 4.39 Å². The van der Waals surface area contributed by atoms with Crippen LogP contribution in [0.5, 0.6) is 5.75 Å². The molecule has 5 N–H and O–H groups in total. The van der Waals surface area contributed by atoms with E-state index < -0.39 is 17.1 Å². The van der Waals surface area contributed by atoms with Crippen molar-refractivity contribution in [3.63, 3.8) is 0 Å². The Hall–Kier alpha value is -2.65. The van der Waals surface area contributed by atoms with Crippen LogP contribution in [0.15, 0.2) is 15.7 Å². The summed E-state index contributed by atoms with van der Waals surface area (Å²) in [5.41, 5.74) is 12.2. The minimum absolute atomic E-state index is 0.0410. The van der Waals surface area contributed by atoms with Crippen LogP contribution in [0.25, 0.3) is 21.3 Å². The summed E-state index contributed by atoms with van der Waals surface area (Å²) in [4.78, 5) is 29.3. The van der Waals surface area contributed by atoms with Gasteiger partial charge in [0.05, 0.1) is 23.7 Å². The highest BCUT2D eigenvalue weighted by Crippen LogP contribution is 2.48. The lowest BCUT2D eigenvalue weighted by Gasteiger charge is -2.20. The summed E-state index contributed by atoms with van der Waals surface area (Å²) in [6.45, 7) is 0.541. The topological polar surface area (TPSA) is 116 Å². The SMILES string of the molecule is COc1c(-c2cc3c(s2)CCCC3CN)c(F)c(N)c2c(=O)[nH]c(=O)n(C3CC3)c12. The number of benzene rings is 1. The molecule has 5 rings (SSSR count). The van der Waals surface area contributed by atoms with Crippen molar-refractivity contribution in [2.45, 2.75) is 44.1 Å². The predicted molar refractivity (Wildman–Crippen MR) is 116 cm³/mol. The maximum absolute atomic E-state index is 15.6. The van der Waals surface area contributed by atoms with E-state index in [9.17, 15) is 9.59 Å². The fourth-order valence-electron chi connectivity index (χ4n) is 4.60. The van der Waals surface area contributed by atoms with Crippen LogP contribution in [-0.4, -0.2) is 23.2 Å². The largest absolute Gasteiger partial charge is 0.494 e. The number of aryl methyl sites for hydroxylation is 1. The number of ether oxygens (including phenoxy) is 1. The number of thiophene rings is 1. The Morgan fingerprint density at radius 3 is 2.77 bits per heavy atom. The van der Waals surface area contributed by atoms with Gasteiger partial charge in [-0.3, -0.25) is 14.3 Å². The van der Waals surface area contributed by atoms with Crippen molar-refractivity contribution in [1.82, 2.24) is 9.55 Å². The molecule has 1 atom stereocenters. The number of nitrogens with two attached hydrogens (primary N) is 2. The molecule has 0 bridgehead atoms. The first kappa shape index (κ1) is 19.3. The average molecular weight is 431 g/mol. The van der Waals surface area contributed by atoms with Crippen LogP contribution in [0.3, 0.4) is 0 Å². The van der Waals surface area contributed by atoms with Gasteiger partial charge in [-0.25, -0.2) is 9.18 Å². The van der Waals surface area contributed by atoms with Crippen LogP contribution in [0.1, 0.15) is 48.1 Å². The summed E-state index contributed by atoms with van der Waals surface area (Å²) in [5, 5.41) is -0.0410. The van der Waals surface area contributed by atoms with Crippen molar-refractivity contribution in [2.24, 2.45) is 5.73 Å².